The maximum absolute atomic E-state index is 5.89. The van der Waals surface area contributed by atoms with Crippen LogP contribution in [0.2, 0.25) is 0 Å². The van der Waals surface area contributed by atoms with Crippen molar-refractivity contribution in [2.75, 3.05) is 12.4 Å². The highest BCUT2D eigenvalue weighted by molar-refractivity contribution is 5.48. The van der Waals surface area contributed by atoms with E-state index in [-0.39, 0.29) is 6.10 Å². The zero-order chi connectivity index (χ0) is 12.7. The normalized spacial score (nSPS) is 12.2. The molecule has 0 aliphatic rings. The van der Waals surface area contributed by atoms with E-state index in [1.54, 1.807) is 6.33 Å². The summed E-state index contributed by atoms with van der Waals surface area (Å²) in [5.74, 6) is 1.60. The van der Waals surface area contributed by atoms with Crippen LogP contribution in [0, 0.1) is 0 Å². The van der Waals surface area contributed by atoms with Crippen molar-refractivity contribution < 1.29 is 4.74 Å². The van der Waals surface area contributed by atoms with Gasteiger partial charge in [-0.05, 0) is 19.8 Å². The summed E-state index contributed by atoms with van der Waals surface area (Å²) >= 11 is 0. The van der Waals surface area contributed by atoms with Crippen LogP contribution in [0.3, 0.4) is 0 Å². The molecule has 17 heavy (non-hydrogen) atoms. The average molecular weight is 237 g/mol. The molecule has 1 atom stereocenters. The van der Waals surface area contributed by atoms with Gasteiger partial charge in [-0.2, -0.15) is 0 Å². The third kappa shape index (κ3) is 3.88. The summed E-state index contributed by atoms with van der Waals surface area (Å²) in [6, 6.07) is 0. The smallest absolute Gasteiger partial charge is 0.222 e. The van der Waals surface area contributed by atoms with Crippen LogP contribution in [0.1, 0.15) is 45.6 Å². The van der Waals surface area contributed by atoms with Crippen molar-refractivity contribution in [3.05, 3.63) is 11.9 Å². The molecule has 0 radical (unpaired) electrons. The summed E-state index contributed by atoms with van der Waals surface area (Å²) in [6.07, 6.45) is 5.92. The van der Waals surface area contributed by atoms with Crippen LogP contribution < -0.4 is 10.1 Å². The van der Waals surface area contributed by atoms with E-state index < -0.39 is 0 Å². The number of nitrogens with zero attached hydrogens (tertiary/aromatic N) is 2. The summed E-state index contributed by atoms with van der Waals surface area (Å²) < 4.78 is 5.89. The Morgan fingerprint density at radius 3 is 2.65 bits per heavy atom. The van der Waals surface area contributed by atoms with Gasteiger partial charge >= 0.3 is 0 Å². The van der Waals surface area contributed by atoms with E-state index in [0.717, 1.165) is 42.9 Å². The Hall–Kier alpha value is -1.32. The van der Waals surface area contributed by atoms with Gasteiger partial charge in [0.25, 0.3) is 0 Å². The fourth-order valence-corrected chi connectivity index (χ4v) is 1.84. The first-order valence-corrected chi connectivity index (χ1v) is 6.41. The van der Waals surface area contributed by atoms with Gasteiger partial charge in [0.2, 0.25) is 5.88 Å². The van der Waals surface area contributed by atoms with Crippen molar-refractivity contribution in [3.63, 3.8) is 0 Å². The number of rotatable bonds is 7. The van der Waals surface area contributed by atoms with E-state index in [2.05, 4.69) is 36.1 Å². The van der Waals surface area contributed by atoms with E-state index >= 15 is 0 Å². The van der Waals surface area contributed by atoms with Crippen LogP contribution in [0.25, 0.3) is 0 Å². The maximum atomic E-state index is 5.89. The number of nitrogens with one attached hydrogen (secondary N) is 1. The molecular weight excluding hydrogens is 214 g/mol. The topological polar surface area (TPSA) is 47.0 Å². The zero-order valence-corrected chi connectivity index (χ0v) is 11.3. The maximum Gasteiger partial charge on any atom is 0.222 e. The lowest BCUT2D eigenvalue weighted by Crippen LogP contribution is -2.14. The van der Waals surface area contributed by atoms with Gasteiger partial charge in [-0.25, -0.2) is 9.97 Å². The second-order valence-corrected chi connectivity index (χ2v) is 4.22. The van der Waals surface area contributed by atoms with Gasteiger partial charge in [0.1, 0.15) is 12.1 Å². The van der Waals surface area contributed by atoms with E-state index in [1.807, 2.05) is 7.05 Å². The Morgan fingerprint density at radius 2 is 2.06 bits per heavy atom. The fourth-order valence-electron chi connectivity index (χ4n) is 1.84. The molecular formula is C13H23N3O. The quantitative estimate of drug-likeness (QED) is 0.791. The lowest BCUT2D eigenvalue weighted by atomic mass is 10.1. The third-order valence-electron chi connectivity index (χ3n) is 2.65. The first-order chi connectivity index (χ1) is 8.22. The summed E-state index contributed by atoms with van der Waals surface area (Å²) in [5.41, 5.74) is 1.08. The average Bonchev–Trinajstić information content (AvgIpc) is 2.32. The molecule has 0 saturated heterocycles. The Balaban J connectivity index is 2.89. The first kappa shape index (κ1) is 13.7. The van der Waals surface area contributed by atoms with E-state index in [9.17, 15) is 0 Å². The molecule has 0 saturated carbocycles. The minimum absolute atomic E-state index is 0.204. The molecule has 96 valence electrons. The van der Waals surface area contributed by atoms with E-state index in [4.69, 9.17) is 4.74 Å². The van der Waals surface area contributed by atoms with E-state index in [1.165, 1.54) is 0 Å². The highest BCUT2D eigenvalue weighted by Crippen LogP contribution is 2.24. The number of aromatic nitrogens is 2. The van der Waals surface area contributed by atoms with Crippen LogP contribution >= 0.6 is 0 Å². The molecule has 0 aromatic carbocycles. The van der Waals surface area contributed by atoms with Crippen molar-refractivity contribution in [2.45, 2.75) is 52.6 Å². The summed E-state index contributed by atoms with van der Waals surface area (Å²) in [5, 5.41) is 3.09. The molecule has 1 aromatic rings. The van der Waals surface area contributed by atoms with E-state index in [0.29, 0.717) is 0 Å². The minimum atomic E-state index is 0.204. The lowest BCUT2D eigenvalue weighted by molar-refractivity contribution is 0.199. The minimum Gasteiger partial charge on any atom is -0.474 e. The van der Waals surface area contributed by atoms with Crippen LogP contribution in [-0.2, 0) is 6.42 Å². The van der Waals surface area contributed by atoms with Gasteiger partial charge < -0.3 is 10.1 Å². The highest BCUT2D eigenvalue weighted by Gasteiger charge is 2.13. The molecule has 1 unspecified atom stereocenters. The molecule has 0 fully saturated rings. The largest absolute Gasteiger partial charge is 0.474 e. The summed E-state index contributed by atoms with van der Waals surface area (Å²) in [4.78, 5) is 8.48. The van der Waals surface area contributed by atoms with Crippen LogP contribution in [-0.4, -0.2) is 23.1 Å². The van der Waals surface area contributed by atoms with Crippen molar-refractivity contribution in [1.82, 2.24) is 9.97 Å². The van der Waals surface area contributed by atoms with Crippen molar-refractivity contribution >= 4 is 5.82 Å². The molecule has 4 nitrogen and oxygen atoms in total. The Bertz CT molecular complexity index is 341. The molecule has 1 aromatic heterocycles. The van der Waals surface area contributed by atoms with Gasteiger partial charge in [0, 0.05) is 7.05 Å². The van der Waals surface area contributed by atoms with Crippen molar-refractivity contribution in [1.29, 1.82) is 0 Å². The van der Waals surface area contributed by atoms with Crippen molar-refractivity contribution in [3.8, 4) is 5.88 Å². The Morgan fingerprint density at radius 1 is 1.29 bits per heavy atom. The molecule has 0 spiro atoms. The second-order valence-electron chi connectivity index (χ2n) is 4.22. The van der Waals surface area contributed by atoms with Crippen molar-refractivity contribution in [2.24, 2.45) is 0 Å². The van der Waals surface area contributed by atoms with Crippen LogP contribution in [0.15, 0.2) is 6.33 Å². The molecule has 1 rings (SSSR count). The van der Waals surface area contributed by atoms with Gasteiger partial charge in [-0.1, -0.05) is 26.7 Å². The van der Waals surface area contributed by atoms with Gasteiger partial charge in [-0.15, -0.1) is 0 Å². The summed E-state index contributed by atoms with van der Waals surface area (Å²) in [7, 11) is 1.88. The number of hydrogen-bond donors (Lipinski definition) is 1. The predicted octanol–water partition coefficient (Wildman–Crippen LogP) is 3.04. The molecule has 0 aliphatic heterocycles. The molecule has 1 heterocycles. The first-order valence-electron chi connectivity index (χ1n) is 6.41. The second kappa shape index (κ2) is 7.09. The Labute approximate surface area is 104 Å². The molecule has 0 bridgehead atoms. The SMILES string of the molecule is CCCc1c(NC)ncnc1OC(C)CCC. The lowest BCUT2D eigenvalue weighted by Gasteiger charge is -2.17. The molecule has 0 amide bonds. The van der Waals surface area contributed by atoms with Gasteiger partial charge in [-0.3, -0.25) is 0 Å². The standard InChI is InChI=1S/C13H23N3O/c1-5-7-10(3)17-13-11(8-6-2)12(14-4)15-9-16-13/h9-10H,5-8H2,1-4H3,(H,14,15,16). The predicted molar refractivity (Wildman–Crippen MR) is 70.6 cm³/mol. The third-order valence-corrected chi connectivity index (χ3v) is 2.65. The number of hydrogen-bond acceptors (Lipinski definition) is 4. The Kier molecular flexibility index (Phi) is 5.73. The molecule has 4 heteroatoms. The highest BCUT2D eigenvalue weighted by atomic mass is 16.5. The zero-order valence-electron chi connectivity index (χ0n) is 11.3. The van der Waals surface area contributed by atoms with Gasteiger partial charge in [0.05, 0.1) is 11.7 Å². The van der Waals surface area contributed by atoms with Crippen LogP contribution in [0.4, 0.5) is 5.82 Å². The van der Waals surface area contributed by atoms with Gasteiger partial charge in [0.15, 0.2) is 0 Å². The van der Waals surface area contributed by atoms with Crippen LogP contribution in [0.5, 0.6) is 5.88 Å². The number of ether oxygens (including phenoxy) is 1. The fraction of sp³-hybridized carbons (Fsp3) is 0.692. The monoisotopic (exact) mass is 237 g/mol. The summed E-state index contributed by atoms with van der Waals surface area (Å²) in [6.45, 7) is 6.39. The molecule has 0 aliphatic carbocycles. The molecule has 1 N–H and O–H groups in total. The number of anilines is 1.